The number of aromatic nitrogens is 1. The number of nitrogens with zero attached hydrogens (tertiary/aromatic N) is 2. The van der Waals surface area contributed by atoms with Crippen molar-refractivity contribution in [2.75, 3.05) is 18.1 Å². The van der Waals surface area contributed by atoms with Crippen LogP contribution in [-0.4, -0.2) is 23.0 Å². The van der Waals surface area contributed by atoms with Crippen molar-refractivity contribution >= 4 is 49.3 Å². The van der Waals surface area contributed by atoms with E-state index in [-0.39, 0.29) is 0 Å². The van der Waals surface area contributed by atoms with Gasteiger partial charge in [-0.2, -0.15) is 0 Å². The number of para-hydroxylation sites is 1. The van der Waals surface area contributed by atoms with Crippen molar-refractivity contribution in [3.8, 4) is 0 Å². The van der Waals surface area contributed by atoms with Crippen LogP contribution in [0.1, 0.15) is 5.56 Å². The Kier molecular flexibility index (Phi) is 5.15. The molecule has 0 fully saturated rings. The highest BCUT2D eigenvalue weighted by molar-refractivity contribution is 8.13. The molecule has 3 N–H and O–H groups in total. The predicted octanol–water partition coefficient (Wildman–Crippen LogP) is 4.26. The van der Waals surface area contributed by atoms with Gasteiger partial charge in [-0.15, -0.1) is 0 Å². The van der Waals surface area contributed by atoms with Crippen molar-refractivity contribution < 1.29 is 0 Å². The first-order chi connectivity index (χ1) is 11.2. The predicted molar refractivity (Wildman–Crippen MR) is 103 cm³/mol. The van der Waals surface area contributed by atoms with E-state index in [1.54, 1.807) is 11.3 Å². The van der Waals surface area contributed by atoms with Crippen molar-refractivity contribution in [3.05, 3.63) is 54.1 Å². The second-order valence-corrected chi connectivity index (χ2v) is 6.84. The van der Waals surface area contributed by atoms with Crippen molar-refractivity contribution in [3.63, 3.8) is 0 Å². The number of nitrogens with two attached hydrogens (primary N) is 1. The van der Waals surface area contributed by atoms with Crippen LogP contribution in [0.15, 0.2) is 53.5 Å². The number of thiazole rings is 1. The van der Waals surface area contributed by atoms with E-state index in [0.29, 0.717) is 5.17 Å². The Morgan fingerprint density at radius 1 is 1.26 bits per heavy atom. The standard InChI is InChI=1S/C17H18N4S2/c1-22-16(18)20-13-6-4-5-12(11-13)9-10-19-17-21-14-7-2-3-8-15(14)23-17/h2-8,11H,9-10H2,1H3,(H2,18,20)(H,19,21). The Morgan fingerprint density at radius 2 is 2.13 bits per heavy atom. The summed E-state index contributed by atoms with van der Waals surface area (Å²) < 4.78 is 1.21. The van der Waals surface area contributed by atoms with Gasteiger partial charge in [0.1, 0.15) is 0 Å². The van der Waals surface area contributed by atoms with Gasteiger partial charge in [0.25, 0.3) is 0 Å². The van der Waals surface area contributed by atoms with Crippen molar-refractivity contribution in [2.45, 2.75) is 6.42 Å². The molecule has 1 aromatic heterocycles. The number of amidine groups is 1. The second-order valence-electron chi connectivity index (χ2n) is 4.99. The maximum atomic E-state index is 5.76. The first kappa shape index (κ1) is 15.8. The van der Waals surface area contributed by atoms with Crippen LogP contribution in [0.25, 0.3) is 10.2 Å². The molecule has 1 heterocycles. The average Bonchev–Trinajstić information content (AvgIpc) is 2.98. The lowest BCUT2D eigenvalue weighted by molar-refractivity contribution is 1.02. The number of rotatable bonds is 5. The smallest absolute Gasteiger partial charge is 0.183 e. The Hall–Kier alpha value is -2.05. The third kappa shape index (κ3) is 4.24. The van der Waals surface area contributed by atoms with Crippen LogP contribution in [0.2, 0.25) is 0 Å². The maximum Gasteiger partial charge on any atom is 0.183 e. The summed E-state index contributed by atoms with van der Waals surface area (Å²) in [6.45, 7) is 0.838. The van der Waals surface area contributed by atoms with Crippen LogP contribution in [0.3, 0.4) is 0 Å². The van der Waals surface area contributed by atoms with Gasteiger partial charge < -0.3 is 11.1 Å². The number of nitrogens with one attached hydrogen (secondary N) is 1. The lowest BCUT2D eigenvalue weighted by Crippen LogP contribution is -2.05. The van der Waals surface area contributed by atoms with Crippen LogP contribution in [-0.2, 0) is 6.42 Å². The van der Waals surface area contributed by atoms with E-state index < -0.39 is 0 Å². The summed E-state index contributed by atoms with van der Waals surface area (Å²) in [6, 6.07) is 16.3. The normalized spacial score (nSPS) is 11.8. The van der Waals surface area contributed by atoms with E-state index in [1.165, 1.54) is 22.0 Å². The fourth-order valence-electron chi connectivity index (χ4n) is 2.22. The van der Waals surface area contributed by atoms with Gasteiger partial charge in [-0.25, -0.2) is 9.98 Å². The van der Waals surface area contributed by atoms with E-state index in [9.17, 15) is 0 Å². The Balaban J connectivity index is 1.61. The van der Waals surface area contributed by atoms with Gasteiger partial charge >= 0.3 is 0 Å². The third-order valence-corrected chi connectivity index (χ3v) is 4.85. The molecular formula is C17H18N4S2. The number of anilines is 1. The zero-order valence-electron chi connectivity index (χ0n) is 12.8. The molecule has 0 aliphatic rings. The molecular weight excluding hydrogens is 324 g/mol. The molecule has 0 saturated heterocycles. The maximum absolute atomic E-state index is 5.76. The summed E-state index contributed by atoms with van der Waals surface area (Å²) in [5, 5.41) is 4.94. The summed E-state index contributed by atoms with van der Waals surface area (Å²) in [7, 11) is 0. The fourth-order valence-corrected chi connectivity index (χ4v) is 3.30. The molecule has 2 aromatic carbocycles. The minimum Gasteiger partial charge on any atom is -0.378 e. The van der Waals surface area contributed by atoms with Gasteiger partial charge in [-0.1, -0.05) is 47.4 Å². The zero-order valence-corrected chi connectivity index (χ0v) is 14.5. The molecule has 0 saturated carbocycles. The molecule has 6 heteroatoms. The molecule has 0 spiro atoms. The zero-order chi connectivity index (χ0) is 16.1. The van der Waals surface area contributed by atoms with E-state index in [2.05, 4.69) is 33.5 Å². The first-order valence-electron chi connectivity index (χ1n) is 7.31. The molecule has 0 atom stereocenters. The van der Waals surface area contributed by atoms with E-state index in [4.69, 9.17) is 5.73 Å². The molecule has 4 nitrogen and oxygen atoms in total. The minimum absolute atomic E-state index is 0.578. The van der Waals surface area contributed by atoms with E-state index in [0.717, 1.165) is 29.3 Å². The van der Waals surface area contributed by atoms with Gasteiger partial charge in [0.05, 0.1) is 15.9 Å². The molecule has 0 unspecified atom stereocenters. The van der Waals surface area contributed by atoms with E-state index in [1.807, 2.05) is 36.6 Å². The fraction of sp³-hybridized carbons (Fsp3) is 0.176. The molecule has 3 aromatic rings. The summed E-state index contributed by atoms with van der Waals surface area (Å²) >= 11 is 3.13. The Labute approximate surface area is 143 Å². The van der Waals surface area contributed by atoms with Gasteiger partial charge in [0, 0.05) is 6.54 Å². The first-order valence-corrected chi connectivity index (χ1v) is 9.35. The number of thioether (sulfide) groups is 1. The largest absolute Gasteiger partial charge is 0.378 e. The van der Waals surface area contributed by atoms with Crippen LogP contribution in [0, 0.1) is 0 Å². The highest BCUT2D eigenvalue weighted by atomic mass is 32.2. The number of benzene rings is 2. The topological polar surface area (TPSA) is 63.3 Å². The lowest BCUT2D eigenvalue weighted by Gasteiger charge is -2.04. The van der Waals surface area contributed by atoms with Crippen LogP contribution in [0.4, 0.5) is 10.8 Å². The highest BCUT2D eigenvalue weighted by Gasteiger charge is 2.02. The van der Waals surface area contributed by atoms with Crippen LogP contribution < -0.4 is 11.1 Å². The van der Waals surface area contributed by atoms with Gasteiger partial charge in [-0.05, 0) is 42.5 Å². The van der Waals surface area contributed by atoms with Crippen LogP contribution in [0.5, 0.6) is 0 Å². The van der Waals surface area contributed by atoms with Gasteiger partial charge in [-0.3, -0.25) is 0 Å². The summed E-state index contributed by atoms with van der Waals surface area (Å²) in [5.41, 5.74) is 8.93. The van der Waals surface area contributed by atoms with Crippen molar-refractivity contribution in [1.82, 2.24) is 4.98 Å². The lowest BCUT2D eigenvalue weighted by atomic mass is 10.1. The molecule has 0 radical (unpaired) electrons. The molecule has 118 valence electrons. The van der Waals surface area contributed by atoms with Crippen LogP contribution >= 0.6 is 23.1 Å². The summed E-state index contributed by atoms with van der Waals surface area (Å²) in [4.78, 5) is 8.94. The van der Waals surface area contributed by atoms with Gasteiger partial charge in [0.2, 0.25) is 0 Å². The number of aliphatic imine (C=N–C) groups is 1. The highest BCUT2D eigenvalue weighted by Crippen LogP contribution is 2.25. The molecule has 0 aliphatic heterocycles. The quantitative estimate of drug-likeness (QED) is 0.537. The molecule has 3 rings (SSSR count). The molecule has 0 bridgehead atoms. The number of hydrogen-bond donors (Lipinski definition) is 2. The average molecular weight is 342 g/mol. The minimum atomic E-state index is 0.578. The van der Waals surface area contributed by atoms with Crippen molar-refractivity contribution in [2.24, 2.45) is 10.7 Å². The van der Waals surface area contributed by atoms with Gasteiger partial charge in [0.15, 0.2) is 10.3 Å². The second kappa shape index (κ2) is 7.48. The summed E-state index contributed by atoms with van der Waals surface area (Å²) in [6.07, 6.45) is 2.84. The Bertz CT molecular complexity index is 793. The monoisotopic (exact) mass is 342 g/mol. The molecule has 0 amide bonds. The summed E-state index contributed by atoms with van der Waals surface area (Å²) in [5.74, 6) is 0. The number of hydrogen-bond acceptors (Lipinski definition) is 5. The number of fused-ring (bicyclic) bond motifs is 1. The Morgan fingerprint density at radius 3 is 2.96 bits per heavy atom. The SMILES string of the molecule is CSC(N)=Nc1cccc(CCNc2nc3ccccc3s2)c1. The molecule has 0 aliphatic carbocycles. The van der Waals surface area contributed by atoms with E-state index >= 15 is 0 Å². The molecule has 23 heavy (non-hydrogen) atoms. The van der Waals surface area contributed by atoms with Crippen molar-refractivity contribution in [1.29, 1.82) is 0 Å². The third-order valence-electron chi connectivity index (χ3n) is 3.34.